The van der Waals surface area contributed by atoms with Gasteiger partial charge in [0.15, 0.2) is 0 Å². The Labute approximate surface area is 113 Å². The van der Waals surface area contributed by atoms with E-state index < -0.39 is 12.9 Å². The van der Waals surface area contributed by atoms with Gasteiger partial charge in [0, 0.05) is 19.2 Å². The summed E-state index contributed by atoms with van der Waals surface area (Å²) in [7, 11) is 0.309. The van der Waals surface area contributed by atoms with Crippen molar-refractivity contribution >= 4 is 12.6 Å². The molecule has 104 valence electrons. The molecule has 2 atom stereocenters. The molecule has 0 radical (unpaired) electrons. The number of ether oxygens (including phenoxy) is 1. The molecule has 4 nitrogen and oxygen atoms in total. The van der Waals surface area contributed by atoms with Crippen LogP contribution in [0.15, 0.2) is 18.2 Å². The average Bonchev–Trinajstić information content (AvgIpc) is 2.77. The highest BCUT2D eigenvalue weighted by molar-refractivity contribution is 6.59. The van der Waals surface area contributed by atoms with Crippen molar-refractivity contribution in [1.29, 1.82) is 0 Å². The molecule has 1 aliphatic heterocycles. The van der Waals surface area contributed by atoms with Gasteiger partial charge in [-0.05, 0) is 43.6 Å². The maximum absolute atomic E-state index is 13.2. The average molecular weight is 267 g/mol. The topological polar surface area (TPSA) is 52.9 Å². The van der Waals surface area contributed by atoms with Crippen LogP contribution < -0.4 is 5.46 Å². The van der Waals surface area contributed by atoms with Crippen molar-refractivity contribution in [2.24, 2.45) is 0 Å². The van der Waals surface area contributed by atoms with Crippen LogP contribution in [-0.2, 0) is 11.3 Å². The molecule has 0 spiro atoms. The molecule has 2 unspecified atom stereocenters. The number of nitrogens with zero attached hydrogens (tertiary/aromatic N) is 1. The van der Waals surface area contributed by atoms with Gasteiger partial charge in [0.2, 0.25) is 0 Å². The van der Waals surface area contributed by atoms with Gasteiger partial charge < -0.3 is 14.8 Å². The SMILES string of the molecule is CC1OCCC1N(C)Cc1ccc(F)cc1B(O)O. The van der Waals surface area contributed by atoms with E-state index in [4.69, 9.17) is 4.74 Å². The van der Waals surface area contributed by atoms with Gasteiger partial charge in [-0.1, -0.05) is 6.07 Å². The summed E-state index contributed by atoms with van der Waals surface area (Å²) in [6, 6.07) is 4.40. The van der Waals surface area contributed by atoms with Gasteiger partial charge in [0.05, 0.1) is 6.10 Å². The van der Waals surface area contributed by atoms with Crippen molar-refractivity contribution in [3.05, 3.63) is 29.6 Å². The van der Waals surface area contributed by atoms with E-state index in [1.165, 1.54) is 12.1 Å². The summed E-state index contributed by atoms with van der Waals surface area (Å²) in [5.41, 5.74) is 0.941. The first kappa shape index (κ1) is 14.5. The Morgan fingerprint density at radius 2 is 2.21 bits per heavy atom. The number of hydrogen-bond acceptors (Lipinski definition) is 4. The first-order chi connectivity index (χ1) is 8.99. The Kier molecular flexibility index (Phi) is 4.57. The molecule has 19 heavy (non-hydrogen) atoms. The maximum Gasteiger partial charge on any atom is 0.488 e. The standard InChI is InChI=1S/C13H19BFNO3/c1-9-13(5-6-19-9)16(2)8-10-3-4-11(15)7-12(10)14(17)18/h3-4,7,9,13,17-18H,5-6,8H2,1-2H3. The van der Waals surface area contributed by atoms with E-state index in [2.05, 4.69) is 4.90 Å². The summed E-state index contributed by atoms with van der Waals surface area (Å²) in [5.74, 6) is -0.466. The Bertz CT molecular complexity index is 444. The molecule has 1 aliphatic rings. The summed E-state index contributed by atoms with van der Waals surface area (Å²) < 4.78 is 18.7. The minimum Gasteiger partial charge on any atom is -0.423 e. The Morgan fingerprint density at radius 1 is 1.47 bits per heavy atom. The summed E-state index contributed by atoms with van der Waals surface area (Å²) in [6.07, 6.45) is 1.11. The molecular weight excluding hydrogens is 248 g/mol. The van der Waals surface area contributed by atoms with Crippen LogP contribution in [0.3, 0.4) is 0 Å². The Hall–Kier alpha value is -0.945. The van der Waals surface area contributed by atoms with Gasteiger partial charge in [0.1, 0.15) is 5.82 Å². The van der Waals surface area contributed by atoms with E-state index in [0.29, 0.717) is 12.6 Å². The number of hydrogen-bond donors (Lipinski definition) is 2. The lowest BCUT2D eigenvalue weighted by atomic mass is 9.76. The van der Waals surface area contributed by atoms with Crippen molar-refractivity contribution in [2.45, 2.75) is 32.0 Å². The van der Waals surface area contributed by atoms with Crippen molar-refractivity contribution in [2.75, 3.05) is 13.7 Å². The first-order valence-electron chi connectivity index (χ1n) is 6.45. The molecule has 2 N–H and O–H groups in total. The lowest BCUT2D eigenvalue weighted by molar-refractivity contribution is 0.0815. The monoisotopic (exact) mass is 267 g/mol. The van der Waals surface area contributed by atoms with Crippen LogP contribution in [0.4, 0.5) is 4.39 Å². The van der Waals surface area contributed by atoms with Crippen LogP contribution in [0.5, 0.6) is 0 Å². The van der Waals surface area contributed by atoms with Gasteiger partial charge in [-0.2, -0.15) is 0 Å². The lowest BCUT2D eigenvalue weighted by Crippen LogP contribution is -2.40. The smallest absolute Gasteiger partial charge is 0.423 e. The van der Waals surface area contributed by atoms with E-state index in [1.54, 1.807) is 6.07 Å². The number of rotatable bonds is 4. The quantitative estimate of drug-likeness (QED) is 0.760. The zero-order chi connectivity index (χ0) is 14.0. The fourth-order valence-corrected chi connectivity index (χ4v) is 2.64. The molecule has 0 aromatic heterocycles. The molecular formula is C13H19BFNO3. The maximum atomic E-state index is 13.2. The number of halogens is 1. The third kappa shape index (κ3) is 3.33. The number of benzene rings is 1. The molecule has 0 bridgehead atoms. The van der Waals surface area contributed by atoms with Gasteiger partial charge in [0.25, 0.3) is 0 Å². The van der Waals surface area contributed by atoms with E-state index in [1.807, 2.05) is 14.0 Å². The van der Waals surface area contributed by atoms with Crippen molar-refractivity contribution < 1.29 is 19.2 Å². The summed E-state index contributed by atoms with van der Waals surface area (Å²) in [4.78, 5) is 2.11. The molecule has 1 fully saturated rings. The van der Waals surface area contributed by atoms with Crippen LogP contribution in [-0.4, -0.2) is 47.9 Å². The summed E-state index contributed by atoms with van der Waals surface area (Å²) in [5, 5.41) is 18.6. The van der Waals surface area contributed by atoms with Crippen molar-refractivity contribution in [3.63, 3.8) is 0 Å². The molecule has 2 rings (SSSR count). The number of likely N-dealkylation sites (N-methyl/N-ethyl adjacent to an activating group) is 1. The zero-order valence-corrected chi connectivity index (χ0v) is 11.2. The molecule has 0 amide bonds. The minimum atomic E-state index is -1.66. The Morgan fingerprint density at radius 3 is 2.79 bits per heavy atom. The van der Waals surface area contributed by atoms with Gasteiger partial charge in [-0.25, -0.2) is 4.39 Å². The van der Waals surface area contributed by atoms with E-state index >= 15 is 0 Å². The van der Waals surface area contributed by atoms with E-state index in [9.17, 15) is 14.4 Å². The summed E-state index contributed by atoms with van der Waals surface area (Å²) >= 11 is 0. The third-order valence-electron chi connectivity index (χ3n) is 3.71. The highest BCUT2D eigenvalue weighted by Gasteiger charge is 2.28. The molecule has 0 aliphatic carbocycles. The second kappa shape index (κ2) is 6.01. The fraction of sp³-hybridized carbons (Fsp3) is 0.538. The van der Waals surface area contributed by atoms with Crippen LogP contribution in [0, 0.1) is 5.82 Å². The molecule has 1 heterocycles. The summed E-state index contributed by atoms with van der Waals surface area (Å²) in [6.45, 7) is 3.31. The predicted molar refractivity (Wildman–Crippen MR) is 71.5 cm³/mol. The molecule has 1 aromatic carbocycles. The molecule has 0 saturated carbocycles. The molecule has 1 aromatic rings. The molecule has 6 heteroatoms. The van der Waals surface area contributed by atoms with Crippen LogP contribution in [0.25, 0.3) is 0 Å². The van der Waals surface area contributed by atoms with Crippen LogP contribution >= 0.6 is 0 Å². The fourth-order valence-electron chi connectivity index (χ4n) is 2.64. The van der Waals surface area contributed by atoms with Crippen LogP contribution in [0.1, 0.15) is 18.9 Å². The second-order valence-corrected chi connectivity index (χ2v) is 5.06. The third-order valence-corrected chi connectivity index (χ3v) is 3.71. The molecule has 1 saturated heterocycles. The highest BCUT2D eigenvalue weighted by atomic mass is 19.1. The largest absolute Gasteiger partial charge is 0.488 e. The van der Waals surface area contributed by atoms with Crippen LogP contribution in [0.2, 0.25) is 0 Å². The predicted octanol–water partition coefficient (Wildman–Crippen LogP) is 0.115. The van der Waals surface area contributed by atoms with Gasteiger partial charge >= 0.3 is 7.12 Å². The first-order valence-corrected chi connectivity index (χ1v) is 6.45. The minimum absolute atomic E-state index is 0.160. The van der Waals surface area contributed by atoms with Crippen molar-refractivity contribution in [1.82, 2.24) is 4.90 Å². The second-order valence-electron chi connectivity index (χ2n) is 5.06. The van der Waals surface area contributed by atoms with Gasteiger partial charge in [-0.15, -0.1) is 0 Å². The van der Waals surface area contributed by atoms with E-state index in [-0.39, 0.29) is 11.6 Å². The normalized spacial score (nSPS) is 23.1. The lowest BCUT2D eigenvalue weighted by Gasteiger charge is -2.27. The Balaban J connectivity index is 2.14. The van der Waals surface area contributed by atoms with E-state index in [0.717, 1.165) is 18.6 Å². The highest BCUT2D eigenvalue weighted by Crippen LogP contribution is 2.19. The van der Waals surface area contributed by atoms with Crippen molar-refractivity contribution in [3.8, 4) is 0 Å². The zero-order valence-electron chi connectivity index (χ0n) is 11.2. The van der Waals surface area contributed by atoms with Gasteiger partial charge in [-0.3, -0.25) is 4.90 Å².